The number of carbonyl (C=O) groups excluding carboxylic acids is 4. The van der Waals surface area contributed by atoms with Crippen molar-refractivity contribution in [3.05, 3.63) is 39.8 Å². The minimum absolute atomic E-state index is 0.0341. The Morgan fingerprint density at radius 3 is 2.64 bits per heavy atom. The van der Waals surface area contributed by atoms with Crippen LogP contribution in [0.3, 0.4) is 0 Å². The number of rotatable bonds is 3. The standard InChI is InChI=1S/C27H37N5O6S/c1-18-23(39-17-29-18)7-8-25(35)32-11-5-4-10-31(3)27(37)19(2)30-24(34)16-38-22-14-20(13-21(33)15-22)26(36)28-9-6-12-32/h13-15,17,19,33H,4-12,16H2,1-3H3,(H,28,36)(H,30,34)/t19-/m0/s1. The molecule has 0 spiro atoms. The average molecular weight is 560 g/mol. The number of phenolic OH excluding ortho intramolecular Hbond substituents is 1. The fourth-order valence-electron chi connectivity index (χ4n) is 4.26. The molecule has 1 aromatic heterocycles. The number of fused-ring (bicyclic) bond motifs is 2. The Kier molecular flexibility index (Phi) is 11.1. The third-order valence-corrected chi connectivity index (χ3v) is 7.47. The van der Waals surface area contributed by atoms with E-state index in [0.29, 0.717) is 58.3 Å². The van der Waals surface area contributed by atoms with Crippen LogP contribution in [0.4, 0.5) is 0 Å². The van der Waals surface area contributed by atoms with Crippen molar-refractivity contribution in [2.24, 2.45) is 0 Å². The molecule has 11 nitrogen and oxygen atoms in total. The molecule has 3 rings (SSSR count). The lowest BCUT2D eigenvalue weighted by molar-refractivity contribution is -0.135. The molecular weight excluding hydrogens is 522 g/mol. The van der Waals surface area contributed by atoms with Crippen molar-refractivity contribution < 1.29 is 29.0 Å². The maximum absolute atomic E-state index is 13.1. The minimum atomic E-state index is -0.754. The Bertz CT molecular complexity index is 1170. The van der Waals surface area contributed by atoms with Gasteiger partial charge in [-0.2, -0.15) is 0 Å². The molecule has 1 atom stereocenters. The maximum Gasteiger partial charge on any atom is 0.258 e. The summed E-state index contributed by atoms with van der Waals surface area (Å²) in [5.41, 5.74) is 2.91. The summed E-state index contributed by atoms with van der Waals surface area (Å²) in [5, 5.41) is 15.5. The van der Waals surface area contributed by atoms with Crippen LogP contribution in [0.15, 0.2) is 23.7 Å². The summed E-state index contributed by atoms with van der Waals surface area (Å²) in [6.45, 7) is 5.00. The van der Waals surface area contributed by atoms with Gasteiger partial charge in [0.25, 0.3) is 11.8 Å². The molecule has 0 saturated heterocycles. The van der Waals surface area contributed by atoms with E-state index in [9.17, 15) is 24.3 Å². The van der Waals surface area contributed by atoms with Gasteiger partial charge in [-0.3, -0.25) is 19.2 Å². The van der Waals surface area contributed by atoms with E-state index in [-0.39, 0.29) is 35.5 Å². The van der Waals surface area contributed by atoms with Crippen LogP contribution >= 0.6 is 11.3 Å². The first-order valence-corrected chi connectivity index (χ1v) is 14.0. The number of thiazole rings is 1. The lowest BCUT2D eigenvalue weighted by Crippen LogP contribution is -2.47. The van der Waals surface area contributed by atoms with Crippen molar-refractivity contribution >= 4 is 35.0 Å². The van der Waals surface area contributed by atoms with E-state index in [0.717, 1.165) is 10.6 Å². The van der Waals surface area contributed by atoms with E-state index < -0.39 is 17.9 Å². The number of nitrogens with one attached hydrogen (secondary N) is 2. The average Bonchev–Trinajstić information content (AvgIpc) is 3.32. The van der Waals surface area contributed by atoms with Gasteiger partial charge in [0.2, 0.25) is 11.8 Å². The second-order valence-electron chi connectivity index (χ2n) is 9.61. The zero-order valence-corrected chi connectivity index (χ0v) is 23.5. The first-order valence-electron chi connectivity index (χ1n) is 13.1. The number of amides is 4. The number of phenols is 1. The normalized spacial score (nSPS) is 18.6. The molecule has 2 bridgehead atoms. The first kappa shape index (κ1) is 29.9. The number of aromatic hydroxyl groups is 1. The molecule has 39 heavy (non-hydrogen) atoms. The molecular formula is C27H37N5O6S. The quantitative estimate of drug-likeness (QED) is 0.521. The van der Waals surface area contributed by atoms with Gasteiger partial charge in [-0.15, -0.1) is 11.3 Å². The predicted molar refractivity (Wildman–Crippen MR) is 147 cm³/mol. The molecule has 212 valence electrons. The lowest BCUT2D eigenvalue weighted by atomic mass is 10.1. The fraction of sp³-hybridized carbons (Fsp3) is 0.519. The number of aryl methyl sites for hydroxylation is 2. The van der Waals surface area contributed by atoms with Crippen molar-refractivity contribution in [3.8, 4) is 11.5 Å². The third kappa shape index (κ3) is 9.24. The van der Waals surface area contributed by atoms with E-state index in [2.05, 4.69) is 15.6 Å². The number of hydrogen-bond acceptors (Lipinski definition) is 8. The summed E-state index contributed by atoms with van der Waals surface area (Å²) in [5.74, 6) is -1.15. The Morgan fingerprint density at radius 2 is 1.90 bits per heavy atom. The number of nitrogens with zero attached hydrogens (tertiary/aromatic N) is 3. The van der Waals surface area contributed by atoms with E-state index >= 15 is 0 Å². The monoisotopic (exact) mass is 559 g/mol. The van der Waals surface area contributed by atoms with Crippen LogP contribution in [-0.4, -0.2) is 89.4 Å². The molecule has 0 aliphatic carbocycles. The highest BCUT2D eigenvalue weighted by molar-refractivity contribution is 7.09. The molecule has 12 heteroatoms. The Labute approximate surface area is 232 Å². The van der Waals surface area contributed by atoms with Gasteiger partial charge in [0.15, 0.2) is 6.61 Å². The summed E-state index contributed by atoms with van der Waals surface area (Å²) in [6.07, 6.45) is 2.95. The molecule has 0 fully saturated rings. The summed E-state index contributed by atoms with van der Waals surface area (Å²) in [7, 11) is 1.69. The number of carbonyl (C=O) groups is 4. The lowest BCUT2D eigenvalue weighted by Gasteiger charge is -2.25. The van der Waals surface area contributed by atoms with Crippen molar-refractivity contribution in [1.82, 2.24) is 25.4 Å². The van der Waals surface area contributed by atoms with Crippen LogP contribution < -0.4 is 15.4 Å². The second-order valence-corrected chi connectivity index (χ2v) is 10.6. The summed E-state index contributed by atoms with van der Waals surface area (Å²) in [6, 6.07) is 3.29. The smallest absolute Gasteiger partial charge is 0.258 e. The third-order valence-electron chi connectivity index (χ3n) is 6.47. The van der Waals surface area contributed by atoms with Gasteiger partial charge in [0, 0.05) is 56.2 Å². The fourth-order valence-corrected chi connectivity index (χ4v) is 5.04. The second kappa shape index (κ2) is 14.5. The number of benzene rings is 1. The van der Waals surface area contributed by atoms with Crippen LogP contribution in [0.1, 0.15) is 53.5 Å². The summed E-state index contributed by atoms with van der Waals surface area (Å²) < 4.78 is 5.45. The Morgan fingerprint density at radius 1 is 1.15 bits per heavy atom. The summed E-state index contributed by atoms with van der Waals surface area (Å²) in [4.78, 5) is 59.5. The number of hydrogen-bond donors (Lipinski definition) is 3. The predicted octanol–water partition coefficient (Wildman–Crippen LogP) is 1.87. The highest BCUT2D eigenvalue weighted by Gasteiger charge is 2.21. The van der Waals surface area contributed by atoms with Crippen LogP contribution in [0.5, 0.6) is 11.5 Å². The molecule has 1 aliphatic rings. The number of likely N-dealkylation sites (N-methyl/N-ethyl adjacent to an activating group) is 1. The molecule has 3 N–H and O–H groups in total. The topological polar surface area (TPSA) is 141 Å². The highest BCUT2D eigenvalue weighted by atomic mass is 32.1. The van der Waals surface area contributed by atoms with Crippen molar-refractivity contribution in [2.75, 3.05) is 39.8 Å². The zero-order chi connectivity index (χ0) is 28.4. The highest BCUT2D eigenvalue weighted by Crippen LogP contribution is 2.22. The maximum atomic E-state index is 13.1. The molecule has 1 aromatic carbocycles. The van der Waals surface area contributed by atoms with E-state index in [1.54, 1.807) is 35.7 Å². The minimum Gasteiger partial charge on any atom is -0.508 e. The molecule has 2 aromatic rings. The van der Waals surface area contributed by atoms with Crippen LogP contribution in [-0.2, 0) is 20.8 Å². The van der Waals surface area contributed by atoms with E-state index in [1.807, 2.05) is 11.8 Å². The van der Waals surface area contributed by atoms with Gasteiger partial charge in [0.05, 0.1) is 11.2 Å². The van der Waals surface area contributed by atoms with E-state index in [1.165, 1.54) is 18.2 Å². The molecule has 0 unspecified atom stereocenters. The van der Waals surface area contributed by atoms with Crippen molar-refractivity contribution in [3.63, 3.8) is 0 Å². The van der Waals surface area contributed by atoms with Crippen LogP contribution in [0.25, 0.3) is 0 Å². The van der Waals surface area contributed by atoms with Gasteiger partial charge in [0.1, 0.15) is 17.5 Å². The molecule has 4 amide bonds. The Balaban J connectivity index is 1.70. The number of aromatic nitrogens is 1. The van der Waals surface area contributed by atoms with Crippen molar-refractivity contribution in [2.45, 2.75) is 52.0 Å². The largest absolute Gasteiger partial charge is 0.508 e. The molecule has 0 radical (unpaired) electrons. The summed E-state index contributed by atoms with van der Waals surface area (Å²) >= 11 is 1.55. The zero-order valence-electron chi connectivity index (χ0n) is 22.7. The first-order chi connectivity index (χ1) is 18.6. The van der Waals surface area contributed by atoms with Gasteiger partial charge in [-0.1, -0.05) is 0 Å². The molecule has 0 saturated carbocycles. The van der Waals surface area contributed by atoms with E-state index in [4.69, 9.17) is 4.74 Å². The number of ether oxygens (including phenoxy) is 1. The molecule has 1 aliphatic heterocycles. The SMILES string of the molecule is Cc1ncsc1CCC(=O)N1CCCCN(C)C(=O)[C@H](C)NC(=O)COc2cc(O)cc(c2)C(=O)NCCC1. The molecule has 2 heterocycles. The van der Waals surface area contributed by atoms with Crippen molar-refractivity contribution in [1.29, 1.82) is 0 Å². The van der Waals surface area contributed by atoms with Gasteiger partial charge >= 0.3 is 0 Å². The Hall–Kier alpha value is -3.67. The van der Waals surface area contributed by atoms with Crippen LogP contribution in [0.2, 0.25) is 0 Å². The van der Waals surface area contributed by atoms with Gasteiger partial charge in [-0.25, -0.2) is 4.98 Å². The van der Waals surface area contributed by atoms with Crippen LogP contribution in [0, 0.1) is 6.92 Å². The van der Waals surface area contributed by atoms with Gasteiger partial charge in [-0.05, 0) is 51.7 Å². The van der Waals surface area contributed by atoms with Gasteiger partial charge < -0.3 is 30.3 Å².